The van der Waals surface area contributed by atoms with Crippen molar-refractivity contribution in [2.24, 2.45) is 0 Å². The van der Waals surface area contributed by atoms with Crippen LogP contribution in [-0.2, 0) is 25.5 Å². The lowest BCUT2D eigenvalue weighted by molar-refractivity contribution is -0.121. The molecule has 0 unspecified atom stereocenters. The van der Waals surface area contributed by atoms with Crippen molar-refractivity contribution in [1.82, 2.24) is 10.3 Å². The summed E-state index contributed by atoms with van der Waals surface area (Å²) in [6.45, 7) is 5.67. The lowest BCUT2D eigenvalue weighted by Crippen LogP contribution is -2.34. The smallest absolute Gasteiger partial charge is 0.252 e. The number of rotatable bonds is 9. The predicted octanol–water partition coefficient (Wildman–Crippen LogP) is 4.18. The Hall–Kier alpha value is -3.74. The van der Waals surface area contributed by atoms with E-state index in [1.807, 2.05) is 38.1 Å². The molecule has 1 amide bonds. The second kappa shape index (κ2) is 10.9. The van der Waals surface area contributed by atoms with E-state index in [4.69, 9.17) is 9.47 Å². The maximum atomic E-state index is 13.3. The van der Waals surface area contributed by atoms with E-state index in [0.29, 0.717) is 16.7 Å². The van der Waals surface area contributed by atoms with Crippen molar-refractivity contribution in [3.8, 4) is 11.1 Å². The molecule has 1 N–H and O–H groups in total. The van der Waals surface area contributed by atoms with Crippen LogP contribution in [0.4, 0.5) is 0 Å². The summed E-state index contributed by atoms with van der Waals surface area (Å²) >= 11 is 0. The van der Waals surface area contributed by atoms with Crippen LogP contribution in [0.15, 0.2) is 65.4 Å². The summed E-state index contributed by atoms with van der Waals surface area (Å²) in [6, 6.07) is 9.27. The first-order valence-corrected chi connectivity index (χ1v) is 11.3. The zero-order valence-electron chi connectivity index (χ0n) is 20.2. The largest absolute Gasteiger partial charge is 0.489 e. The van der Waals surface area contributed by atoms with Gasteiger partial charge in [-0.2, -0.15) is 0 Å². The van der Waals surface area contributed by atoms with Crippen molar-refractivity contribution in [2.45, 2.75) is 46.1 Å². The number of ketones is 2. The number of amides is 1. The molecular formula is C27H30N2O5. The number of nitrogens with one attached hydrogen (secondary N) is 1. The molecule has 0 bridgehead atoms. The maximum absolute atomic E-state index is 13.3. The van der Waals surface area contributed by atoms with Gasteiger partial charge in [0.25, 0.3) is 5.91 Å². The van der Waals surface area contributed by atoms with Crippen LogP contribution in [0.25, 0.3) is 11.1 Å². The summed E-state index contributed by atoms with van der Waals surface area (Å²) in [5.41, 5.74) is 3.51. The van der Waals surface area contributed by atoms with Crippen molar-refractivity contribution >= 4 is 17.5 Å². The number of hydrogen-bond donors (Lipinski definition) is 1. The van der Waals surface area contributed by atoms with Crippen molar-refractivity contribution in [2.75, 3.05) is 14.2 Å². The molecule has 0 radical (unpaired) electrons. The zero-order chi connectivity index (χ0) is 24.8. The molecule has 0 aliphatic heterocycles. The molecule has 0 atom stereocenters. The SMILES string of the molecule is CCC(CC)NC(=O)c1cc(CC2=C(C)C(=O)C(OC)=C(OC)C2=O)ccc1-c1ccncc1. The Kier molecular flexibility index (Phi) is 7.99. The standard InChI is InChI=1S/C27H30N2O5/c1-6-19(7-2)29-27(32)22-15-17(8-9-20(22)18-10-12-28-13-11-18)14-21-16(3)23(30)25(33-4)26(34-5)24(21)31/h8-13,15,19H,6-7,14H2,1-5H3,(H,29,32). The highest BCUT2D eigenvalue weighted by molar-refractivity contribution is 6.23. The molecule has 34 heavy (non-hydrogen) atoms. The molecular weight excluding hydrogens is 432 g/mol. The van der Waals surface area contributed by atoms with Gasteiger partial charge in [0, 0.05) is 41.6 Å². The second-order valence-corrected chi connectivity index (χ2v) is 8.11. The third kappa shape index (κ3) is 4.93. The number of ether oxygens (including phenoxy) is 2. The summed E-state index contributed by atoms with van der Waals surface area (Å²) in [6.07, 6.45) is 5.19. The number of Topliss-reactive ketones (excluding diaryl/α,β-unsaturated/α-hetero) is 2. The van der Waals surface area contributed by atoms with Gasteiger partial charge in [0.15, 0.2) is 0 Å². The van der Waals surface area contributed by atoms with E-state index in [1.165, 1.54) is 14.2 Å². The Morgan fingerprint density at radius 3 is 2.18 bits per heavy atom. The minimum atomic E-state index is -0.391. The molecule has 1 aromatic heterocycles. The number of carbonyl (C=O) groups excluding carboxylic acids is 3. The van der Waals surface area contributed by atoms with Gasteiger partial charge in [-0.25, -0.2) is 0 Å². The first-order chi connectivity index (χ1) is 16.4. The fraction of sp³-hybridized carbons (Fsp3) is 0.333. The van der Waals surface area contributed by atoms with Gasteiger partial charge in [-0.05, 0) is 54.7 Å². The van der Waals surface area contributed by atoms with Crippen LogP contribution >= 0.6 is 0 Å². The van der Waals surface area contributed by atoms with Gasteiger partial charge in [-0.15, -0.1) is 0 Å². The highest BCUT2D eigenvalue weighted by atomic mass is 16.5. The van der Waals surface area contributed by atoms with Gasteiger partial charge in [-0.1, -0.05) is 26.0 Å². The number of methoxy groups -OCH3 is 2. The normalized spacial score (nSPS) is 14.1. The first kappa shape index (κ1) is 24.9. The summed E-state index contributed by atoms with van der Waals surface area (Å²) in [7, 11) is 2.67. The Morgan fingerprint density at radius 1 is 0.971 bits per heavy atom. The number of pyridine rings is 1. The first-order valence-electron chi connectivity index (χ1n) is 11.3. The minimum absolute atomic E-state index is 0.0609. The van der Waals surface area contributed by atoms with E-state index >= 15 is 0 Å². The van der Waals surface area contributed by atoms with Crippen LogP contribution in [0.1, 0.15) is 49.5 Å². The molecule has 1 aliphatic rings. The summed E-state index contributed by atoms with van der Waals surface area (Å²) in [5, 5.41) is 3.10. The monoisotopic (exact) mass is 462 g/mol. The van der Waals surface area contributed by atoms with E-state index in [9.17, 15) is 14.4 Å². The molecule has 1 aliphatic carbocycles. The third-order valence-corrected chi connectivity index (χ3v) is 6.12. The lowest BCUT2D eigenvalue weighted by Gasteiger charge is -2.21. The van der Waals surface area contributed by atoms with Crippen LogP contribution < -0.4 is 5.32 Å². The van der Waals surface area contributed by atoms with Crippen LogP contribution in [-0.4, -0.2) is 42.7 Å². The highest BCUT2D eigenvalue weighted by Crippen LogP contribution is 2.30. The van der Waals surface area contributed by atoms with Gasteiger partial charge < -0.3 is 14.8 Å². The lowest BCUT2D eigenvalue weighted by atomic mass is 9.87. The van der Waals surface area contributed by atoms with Crippen molar-refractivity contribution in [3.05, 3.63) is 76.5 Å². The van der Waals surface area contributed by atoms with Crippen molar-refractivity contribution < 1.29 is 23.9 Å². The topological polar surface area (TPSA) is 94.6 Å². The molecule has 3 rings (SSSR count). The molecule has 0 saturated carbocycles. The van der Waals surface area contributed by atoms with Gasteiger partial charge >= 0.3 is 0 Å². The van der Waals surface area contributed by atoms with Crippen LogP contribution in [0, 0.1) is 0 Å². The van der Waals surface area contributed by atoms with E-state index in [0.717, 1.165) is 29.5 Å². The highest BCUT2D eigenvalue weighted by Gasteiger charge is 2.34. The van der Waals surface area contributed by atoms with Crippen LogP contribution in [0.3, 0.4) is 0 Å². The molecule has 178 valence electrons. The maximum Gasteiger partial charge on any atom is 0.252 e. The average Bonchev–Trinajstić information content (AvgIpc) is 2.87. The van der Waals surface area contributed by atoms with E-state index in [1.54, 1.807) is 25.4 Å². The van der Waals surface area contributed by atoms with Crippen molar-refractivity contribution in [1.29, 1.82) is 0 Å². The molecule has 0 fully saturated rings. The molecule has 0 spiro atoms. The fourth-order valence-electron chi connectivity index (χ4n) is 4.04. The molecule has 0 saturated heterocycles. The summed E-state index contributed by atoms with van der Waals surface area (Å²) in [4.78, 5) is 43.1. The van der Waals surface area contributed by atoms with Gasteiger partial charge in [0.05, 0.1) is 14.2 Å². The second-order valence-electron chi connectivity index (χ2n) is 8.11. The number of hydrogen-bond acceptors (Lipinski definition) is 6. The van der Waals surface area contributed by atoms with E-state index < -0.39 is 5.78 Å². The Bertz CT molecular complexity index is 1160. The fourth-order valence-corrected chi connectivity index (χ4v) is 4.04. The van der Waals surface area contributed by atoms with Gasteiger partial charge in [0.1, 0.15) is 0 Å². The number of nitrogens with zero attached hydrogens (tertiary/aromatic N) is 1. The number of carbonyl (C=O) groups is 3. The van der Waals surface area contributed by atoms with E-state index in [-0.39, 0.29) is 35.7 Å². The Morgan fingerprint density at radius 2 is 1.59 bits per heavy atom. The summed E-state index contributed by atoms with van der Waals surface area (Å²) in [5.74, 6) is -1.15. The number of allylic oxidation sites excluding steroid dienone is 2. The van der Waals surface area contributed by atoms with E-state index in [2.05, 4.69) is 10.3 Å². The number of aromatic nitrogens is 1. The van der Waals surface area contributed by atoms with Gasteiger partial charge in [0.2, 0.25) is 23.1 Å². The Labute approximate surface area is 199 Å². The minimum Gasteiger partial charge on any atom is -0.489 e. The molecule has 2 aromatic rings. The molecule has 1 heterocycles. The van der Waals surface area contributed by atoms with Crippen LogP contribution in [0.2, 0.25) is 0 Å². The molecule has 7 nitrogen and oxygen atoms in total. The molecule has 7 heteroatoms. The molecule has 1 aromatic carbocycles. The van der Waals surface area contributed by atoms with Crippen molar-refractivity contribution in [3.63, 3.8) is 0 Å². The third-order valence-electron chi connectivity index (χ3n) is 6.12. The average molecular weight is 463 g/mol. The summed E-state index contributed by atoms with van der Waals surface area (Å²) < 4.78 is 10.3. The zero-order valence-corrected chi connectivity index (χ0v) is 20.2. The Balaban J connectivity index is 2.03. The number of benzene rings is 1. The predicted molar refractivity (Wildman–Crippen MR) is 129 cm³/mol. The quantitative estimate of drug-likeness (QED) is 0.562. The van der Waals surface area contributed by atoms with Gasteiger partial charge in [-0.3, -0.25) is 19.4 Å². The van der Waals surface area contributed by atoms with Crippen LogP contribution in [0.5, 0.6) is 0 Å².